The van der Waals surface area contributed by atoms with Crippen LogP contribution in [-0.2, 0) is 4.79 Å². The van der Waals surface area contributed by atoms with E-state index in [0.717, 1.165) is 0 Å². The fourth-order valence-electron chi connectivity index (χ4n) is 1.46. The molecular weight excluding hydrogens is 371 g/mol. The highest BCUT2D eigenvalue weighted by molar-refractivity contribution is 9.10. The second kappa shape index (κ2) is 7.71. The summed E-state index contributed by atoms with van der Waals surface area (Å²) in [5.41, 5.74) is 0.305. The van der Waals surface area contributed by atoms with E-state index < -0.39 is 12.0 Å². The molecule has 0 aliphatic heterocycles. The molecule has 0 radical (unpaired) electrons. The third-order valence-corrected chi connectivity index (χ3v) is 3.43. The number of carbonyl (C=O) groups excluding carboxylic acids is 1. The number of aliphatic carboxylic acids is 1. The van der Waals surface area contributed by atoms with Crippen LogP contribution >= 0.6 is 39.1 Å². The second-order valence-corrected chi connectivity index (χ2v) is 6.01. The van der Waals surface area contributed by atoms with Gasteiger partial charge in [-0.3, -0.25) is 4.79 Å². The van der Waals surface area contributed by atoms with E-state index in [9.17, 15) is 9.59 Å². The van der Waals surface area contributed by atoms with E-state index >= 15 is 0 Å². The zero-order valence-corrected chi connectivity index (χ0v) is 13.6. The second-order valence-electron chi connectivity index (χ2n) is 4.28. The van der Waals surface area contributed by atoms with E-state index in [-0.39, 0.29) is 18.9 Å². The maximum absolute atomic E-state index is 11.7. The van der Waals surface area contributed by atoms with E-state index in [2.05, 4.69) is 26.6 Å². The maximum Gasteiger partial charge on any atom is 0.319 e. The molecule has 1 atom stereocenters. The molecule has 1 unspecified atom stereocenters. The maximum atomic E-state index is 11.7. The number of benzene rings is 1. The smallest absolute Gasteiger partial charge is 0.319 e. The summed E-state index contributed by atoms with van der Waals surface area (Å²) in [6, 6.07) is 2.72. The summed E-state index contributed by atoms with van der Waals surface area (Å²) in [6.07, 6.45) is -0.0138. The minimum absolute atomic E-state index is 0.0138. The lowest BCUT2D eigenvalue weighted by atomic mass is 10.1. The molecule has 0 saturated heterocycles. The van der Waals surface area contributed by atoms with Crippen molar-refractivity contribution in [3.63, 3.8) is 0 Å². The molecule has 2 amide bonds. The van der Waals surface area contributed by atoms with Gasteiger partial charge in [0, 0.05) is 17.4 Å². The summed E-state index contributed by atoms with van der Waals surface area (Å²) in [5, 5.41) is 14.3. The van der Waals surface area contributed by atoms with E-state index in [0.29, 0.717) is 20.2 Å². The number of anilines is 1. The first kappa shape index (κ1) is 17.1. The van der Waals surface area contributed by atoms with Crippen LogP contribution in [0.4, 0.5) is 10.5 Å². The average Bonchev–Trinajstić information content (AvgIpc) is 2.30. The van der Waals surface area contributed by atoms with Crippen molar-refractivity contribution in [1.29, 1.82) is 0 Å². The topological polar surface area (TPSA) is 78.4 Å². The zero-order valence-electron chi connectivity index (χ0n) is 10.5. The third kappa shape index (κ3) is 5.56. The molecule has 0 aliphatic rings. The molecule has 5 nitrogen and oxygen atoms in total. The van der Waals surface area contributed by atoms with Crippen molar-refractivity contribution in [2.75, 3.05) is 11.9 Å². The number of carbonyl (C=O) groups is 2. The molecule has 0 fully saturated rings. The van der Waals surface area contributed by atoms with E-state index in [1.54, 1.807) is 19.1 Å². The van der Waals surface area contributed by atoms with Crippen LogP contribution in [0.25, 0.3) is 0 Å². The lowest BCUT2D eigenvalue weighted by Crippen LogP contribution is -2.33. The van der Waals surface area contributed by atoms with Crippen molar-refractivity contribution < 1.29 is 14.7 Å². The van der Waals surface area contributed by atoms with Gasteiger partial charge in [0.25, 0.3) is 0 Å². The van der Waals surface area contributed by atoms with Crippen molar-refractivity contribution in [1.82, 2.24) is 5.32 Å². The molecule has 8 heteroatoms. The fraction of sp³-hybridized carbons (Fsp3) is 0.333. The summed E-state index contributed by atoms with van der Waals surface area (Å²) in [6.45, 7) is 1.97. The van der Waals surface area contributed by atoms with Crippen LogP contribution in [0.2, 0.25) is 10.0 Å². The summed E-state index contributed by atoms with van der Waals surface area (Å²) < 4.78 is 0.702. The van der Waals surface area contributed by atoms with Gasteiger partial charge in [-0.1, -0.05) is 46.1 Å². The minimum atomic E-state index is -0.904. The van der Waals surface area contributed by atoms with E-state index in [1.165, 1.54) is 0 Å². The number of nitrogens with one attached hydrogen (secondary N) is 2. The van der Waals surface area contributed by atoms with Crippen LogP contribution in [0.1, 0.15) is 13.3 Å². The molecule has 0 aromatic heterocycles. The highest BCUT2D eigenvalue weighted by Crippen LogP contribution is 2.33. The van der Waals surface area contributed by atoms with Gasteiger partial charge in [0.15, 0.2) is 0 Å². The molecule has 0 heterocycles. The van der Waals surface area contributed by atoms with Crippen LogP contribution < -0.4 is 10.6 Å². The minimum Gasteiger partial charge on any atom is -0.481 e. The van der Waals surface area contributed by atoms with Gasteiger partial charge in [0.1, 0.15) is 0 Å². The van der Waals surface area contributed by atoms with Crippen molar-refractivity contribution >= 4 is 56.8 Å². The number of amides is 2. The Morgan fingerprint density at radius 3 is 2.40 bits per heavy atom. The summed E-state index contributed by atoms with van der Waals surface area (Å²) in [4.78, 5) is 22.2. The Labute approximate surface area is 134 Å². The highest BCUT2D eigenvalue weighted by Gasteiger charge is 2.13. The normalized spacial score (nSPS) is 11.8. The number of carboxylic acid groups (broad SMARTS) is 1. The van der Waals surface area contributed by atoms with Crippen molar-refractivity contribution in [2.45, 2.75) is 13.3 Å². The van der Waals surface area contributed by atoms with E-state index in [1.807, 2.05) is 0 Å². The lowest BCUT2D eigenvalue weighted by Gasteiger charge is -2.13. The molecule has 110 valence electrons. The molecular formula is C12H13BrCl2N2O3. The third-order valence-electron chi connectivity index (χ3n) is 2.38. The molecule has 3 N–H and O–H groups in total. The fourth-order valence-corrected chi connectivity index (χ4v) is 2.76. The number of halogens is 3. The highest BCUT2D eigenvalue weighted by atomic mass is 79.9. The summed E-state index contributed by atoms with van der Waals surface area (Å²) in [7, 11) is 0. The van der Waals surface area contributed by atoms with Gasteiger partial charge in [-0.2, -0.15) is 0 Å². The Kier molecular flexibility index (Phi) is 6.58. The SMILES string of the molecule is CC(CNC(=O)Nc1c(Cl)cc(Br)cc1Cl)CC(=O)O. The van der Waals surface area contributed by atoms with Gasteiger partial charge >= 0.3 is 12.0 Å². The standard InChI is InChI=1S/C12H13BrCl2N2O3/c1-6(2-10(18)19)5-16-12(20)17-11-8(14)3-7(13)4-9(11)15/h3-4,6H,2,5H2,1H3,(H,18,19)(H2,16,17,20). The van der Waals surface area contributed by atoms with Gasteiger partial charge < -0.3 is 15.7 Å². The van der Waals surface area contributed by atoms with Gasteiger partial charge in [0.05, 0.1) is 15.7 Å². The predicted molar refractivity (Wildman–Crippen MR) is 82.6 cm³/mol. The summed E-state index contributed by atoms with van der Waals surface area (Å²) >= 11 is 15.2. The molecule has 0 aliphatic carbocycles. The predicted octanol–water partition coefficient (Wildman–Crippen LogP) is 3.99. The Balaban J connectivity index is 2.57. The lowest BCUT2D eigenvalue weighted by molar-refractivity contribution is -0.137. The number of rotatable bonds is 5. The Hall–Kier alpha value is -0.980. The molecule has 0 bridgehead atoms. The zero-order chi connectivity index (χ0) is 15.3. The van der Waals surface area contributed by atoms with Crippen LogP contribution in [0.3, 0.4) is 0 Å². The van der Waals surface area contributed by atoms with Gasteiger partial charge in [-0.05, 0) is 18.1 Å². The molecule has 20 heavy (non-hydrogen) atoms. The van der Waals surface area contributed by atoms with Crippen LogP contribution in [-0.4, -0.2) is 23.7 Å². The first-order valence-electron chi connectivity index (χ1n) is 5.70. The monoisotopic (exact) mass is 382 g/mol. The van der Waals surface area contributed by atoms with Gasteiger partial charge in [-0.15, -0.1) is 0 Å². The van der Waals surface area contributed by atoms with Gasteiger partial charge in [0.2, 0.25) is 0 Å². The number of hydrogen-bond acceptors (Lipinski definition) is 2. The van der Waals surface area contributed by atoms with Crippen LogP contribution in [0, 0.1) is 5.92 Å². The number of urea groups is 1. The molecule has 1 aromatic rings. The first-order chi connectivity index (χ1) is 9.29. The number of carboxylic acids is 1. The molecule has 1 aromatic carbocycles. The quantitative estimate of drug-likeness (QED) is 0.719. The van der Waals surface area contributed by atoms with Crippen LogP contribution in [0.15, 0.2) is 16.6 Å². The Morgan fingerprint density at radius 1 is 1.35 bits per heavy atom. The average molecular weight is 384 g/mol. The summed E-state index contributed by atoms with van der Waals surface area (Å²) in [5.74, 6) is -1.08. The Morgan fingerprint density at radius 2 is 1.90 bits per heavy atom. The largest absolute Gasteiger partial charge is 0.481 e. The molecule has 0 spiro atoms. The van der Waals surface area contributed by atoms with Crippen molar-refractivity contribution in [3.05, 3.63) is 26.7 Å². The molecule has 1 rings (SSSR count). The Bertz CT molecular complexity index is 502. The van der Waals surface area contributed by atoms with E-state index in [4.69, 9.17) is 28.3 Å². The van der Waals surface area contributed by atoms with Crippen LogP contribution in [0.5, 0.6) is 0 Å². The number of hydrogen-bond donors (Lipinski definition) is 3. The first-order valence-corrected chi connectivity index (χ1v) is 7.25. The van der Waals surface area contributed by atoms with Gasteiger partial charge in [-0.25, -0.2) is 4.79 Å². The molecule has 0 saturated carbocycles. The van der Waals surface area contributed by atoms with Crippen molar-refractivity contribution in [2.24, 2.45) is 5.92 Å². The van der Waals surface area contributed by atoms with Crippen molar-refractivity contribution in [3.8, 4) is 0 Å².